The molecule has 1 saturated heterocycles. The quantitative estimate of drug-likeness (QED) is 0.633. The van der Waals surface area contributed by atoms with E-state index in [4.69, 9.17) is 15.6 Å². The fraction of sp³-hybridized carbons (Fsp3) is 0.778. The number of carbonyl (C=O) groups is 2. The van der Waals surface area contributed by atoms with Crippen LogP contribution >= 0.6 is 0 Å². The van der Waals surface area contributed by atoms with Crippen LogP contribution in [0.25, 0.3) is 0 Å². The number of ether oxygens (including phenoxy) is 1. The molecule has 1 aliphatic heterocycles. The lowest BCUT2D eigenvalue weighted by atomic mass is 10.2. The second kappa shape index (κ2) is 5.67. The number of carbonyl (C=O) groups excluding carboxylic acids is 1. The first-order valence-corrected chi connectivity index (χ1v) is 4.95. The van der Waals surface area contributed by atoms with Gasteiger partial charge < -0.3 is 20.5 Å². The first kappa shape index (κ1) is 11.9. The maximum absolute atomic E-state index is 11.6. The topological polar surface area (TPSA) is 92.9 Å². The Bertz CT molecular complexity index is 236. The maximum Gasteiger partial charge on any atom is 0.321 e. The lowest BCUT2D eigenvalue weighted by Crippen LogP contribution is -2.40. The van der Waals surface area contributed by atoms with Crippen molar-refractivity contribution >= 4 is 11.9 Å². The van der Waals surface area contributed by atoms with E-state index in [9.17, 15) is 9.59 Å². The Hall–Kier alpha value is -1.14. The van der Waals surface area contributed by atoms with Gasteiger partial charge in [0.05, 0.1) is 13.0 Å². The smallest absolute Gasteiger partial charge is 0.321 e. The van der Waals surface area contributed by atoms with Gasteiger partial charge in [-0.05, 0) is 6.42 Å². The van der Waals surface area contributed by atoms with Crippen LogP contribution in [0.2, 0.25) is 0 Å². The molecule has 1 amide bonds. The number of carboxylic acid groups (broad SMARTS) is 1. The van der Waals surface area contributed by atoms with Crippen molar-refractivity contribution in [3.63, 3.8) is 0 Å². The molecule has 3 N–H and O–H groups in total. The summed E-state index contributed by atoms with van der Waals surface area (Å²) in [6, 6.07) is -1.11. The van der Waals surface area contributed by atoms with E-state index in [1.165, 1.54) is 0 Å². The first-order chi connectivity index (χ1) is 7.11. The highest BCUT2D eigenvalue weighted by molar-refractivity contribution is 5.84. The third-order valence-corrected chi connectivity index (χ3v) is 2.29. The van der Waals surface area contributed by atoms with Crippen molar-refractivity contribution in [2.45, 2.75) is 18.9 Å². The van der Waals surface area contributed by atoms with Crippen LogP contribution in [0.1, 0.15) is 12.8 Å². The summed E-state index contributed by atoms with van der Waals surface area (Å²) in [6.07, 6.45) is 0.642. The maximum atomic E-state index is 11.6. The zero-order chi connectivity index (χ0) is 11.3. The predicted molar refractivity (Wildman–Crippen MR) is 52.2 cm³/mol. The molecule has 6 nitrogen and oxygen atoms in total. The highest BCUT2D eigenvalue weighted by Gasteiger charge is 2.21. The molecule has 86 valence electrons. The van der Waals surface area contributed by atoms with Crippen molar-refractivity contribution < 1.29 is 19.4 Å². The van der Waals surface area contributed by atoms with Crippen LogP contribution in [0.4, 0.5) is 0 Å². The first-order valence-electron chi connectivity index (χ1n) is 4.95. The predicted octanol–water partition coefficient (Wildman–Crippen LogP) is -0.963. The van der Waals surface area contributed by atoms with E-state index in [2.05, 4.69) is 0 Å². The van der Waals surface area contributed by atoms with E-state index in [0.29, 0.717) is 26.3 Å². The minimum absolute atomic E-state index is 0.144. The molecule has 1 rings (SSSR count). The van der Waals surface area contributed by atoms with Crippen LogP contribution in [0.15, 0.2) is 0 Å². The van der Waals surface area contributed by atoms with Crippen molar-refractivity contribution in [2.75, 3.05) is 26.3 Å². The molecule has 1 atom stereocenters. The minimum atomic E-state index is -1.14. The van der Waals surface area contributed by atoms with Gasteiger partial charge in [-0.25, -0.2) is 0 Å². The highest BCUT2D eigenvalue weighted by Crippen LogP contribution is 2.03. The summed E-state index contributed by atoms with van der Waals surface area (Å²) >= 11 is 0. The largest absolute Gasteiger partial charge is 0.480 e. The number of hydrogen-bond acceptors (Lipinski definition) is 4. The molecule has 0 aromatic rings. The Kier molecular flexibility index (Phi) is 4.51. The summed E-state index contributed by atoms with van der Waals surface area (Å²) in [5, 5.41) is 8.56. The fourth-order valence-corrected chi connectivity index (χ4v) is 1.40. The molecule has 0 aliphatic carbocycles. The molecule has 1 heterocycles. The molecule has 0 bridgehead atoms. The number of hydrogen-bond donors (Lipinski definition) is 2. The molecule has 6 heteroatoms. The van der Waals surface area contributed by atoms with Gasteiger partial charge in [-0.15, -0.1) is 0 Å². The van der Waals surface area contributed by atoms with Crippen molar-refractivity contribution in [1.82, 2.24) is 4.90 Å². The molecular formula is C9H16N2O4. The average molecular weight is 216 g/mol. The van der Waals surface area contributed by atoms with Crippen molar-refractivity contribution in [1.29, 1.82) is 0 Å². The third kappa shape index (κ3) is 3.85. The van der Waals surface area contributed by atoms with E-state index in [1.807, 2.05) is 0 Å². The molecule has 1 fully saturated rings. The van der Waals surface area contributed by atoms with Crippen LogP contribution < -0.4 is 5.73 Å². The second-order valence-corrected chi connectivity index (χ2v) is 3.50. The molecule has 0 aromatic heterocycles. The third-order valence-electron chi connectivity index (χ3n) is 2.29. The number of aliphatic carboxylic acids is 1. The second-order valence-electron chi connectivity index (χ2n) is 3.50. The van der Waals surface area contributed by atoms with Gasteiger partial charge in [-0.1, -0.05) is 0 Å². The highest BCUT2D eigenvalue weighted by atomic mass is 16.5. The number of amides is 1. The van der Waals surface area contributed by atoms with E-state index < -0.39 is 12.0 Å². The summed E-state index contributed by atoms with van der Waals surface area (Å²) in [4.78, 5) is 23.7. The number of nitrogens with two attached hydrogens (primary N) is 1. The summed E-state index contributed by atoms with van der Waals surface area (Å²) in [5.74, 6) is -1.36. The zero-order valence-electron chi connectivity index (χ0n) is 8.52. The molecule has 1 aliphatic rings. The average Bonchev–Trinajstić information content (AvgIpc) is 2.45. The Morgan fingerprint density at radius 1 is 1.40 bits per heavy atom. The summed E-state index contributed by atoms with van der Waals surface area (Å²) < 4.78 is 5.19. The molecule has 0 aromatic carbocycles. The summed E-state index contributed by atoms with van der Waals surface area (Å²) in [7, 11) is 0. The Morgan fingerprint density at radius 2 is 2.13 bits per heavy atom. The Balaban J connectivity index is 2.41. The molecule has 0 saturated carbocycles. The lowest BCUT2D eigenvalue weighted by Gasteiger charge is -2.20. The zero-order valence-corrected chi connectivity index (χ0v) is 8.52. The summed E-state index contributed by atoms with van der Waals surface area (Å²) in [5.41, 5.74) is 5.28. The van der Waals surface area contributed by atoms with Gasteiger partial charge in [0.15, 0.2) is 0 Å². The number of rotatable bonds is 3. The lowest BCUT2D eigenvalue weighted by molar-refractivity contribution is -0.142. The summed E-state index contributed by atoms with van der Waals surface area (Å²) in [6.45, 7) is 2.29. The SMILES string of the molecule is N[C@@H](CC(=O)N1CCCOCC1)C(=O)O. The van der Waals surface area contributed by atoms with E-state index in [1.54, 1.807) is 4.90 Å². The normalized spacial score (nSPS) is 19.4. The fourth-order valence-electron chi connectivity index (χ4n) is 1.40. The molecule has 15 heavy (non-hydrogen) atoms. The minimum Gasteiger partial charge on any atom is -0.480 e. The van der Waals surface area contributed by atoms with Crippen molar-refractivity contribution in [2.24, 2.45) is 5.73 Å². The van der Waals surface area contributed by atoms with Crippen LogP contribution in [-0.2, 0) is 14.3 Å². The van der Waals surface area contributed by atoms with Crippen LogP contribution in [0, 0.1) is 0 Å². The number of nitrogens with zero attached hydrogens (tertiary/aromatic N) is 1. The molecule has 0 spiro atoms. The molecular weight excluding hydrogens is 200 g/mol. The van der Waals surface area contributed by atoms with Crippen molar-refractivity contribution in [3.05, 3.63) is 0 Å². The van der Waals surface area contributed by atoms with E-state index in [-0.39, 0.29) is 12.3 Å². The van der Waals surface area contributed by atoms with Gasteiger partial charge in [0.1, 0.15) is 6.04 Å². The van der Waals surface area contributed by atoms with Crippen molar-refractivity contribution in [3.8, 4) is 0 Å². The van der Waals surface area contributed by atoms with E-state index in [0.717, 1.165) is 6.42 Å². The van der Waals surface area contributed by atoms with Gasteiger partial charge in [0.2, 0.25) is 5.91 Å². The standard InChI is InChI=1S/C9H16N2O4/c10-7(9(13)14)6-8(12)11-2-1-4-15-5-3-11/h7H,1-6,10H2,(H,13,14)/t7-/m0/s1. The Labute approximate surface area is 88.0 Å². The molecule has 0 radical (unpaired) electrons. The molecule has 0 unspecified atom stereocenters. The monoisotopic (exact) mass is 216 g/mol. The van der Waals surface area contributed by atoms with Gasteiger partial charge >= 0.3 is 5.97 Å². The van der Waals surface area contributed by atoms with E-state index >= 15 is 0 Å². The van der Waals surface area contributed by atoms with Crippen LogP contribution in [0.5, 0.6) is 0 Å². The number of carboxylic acids is 1. The van der Waals surface area contributed by atoms with Gasteiger partial charge in [-0.2, -0.15) is 0 Å². The van der Waals surface area contributed by atoms with Crippen LogP contribution in [0.3, 0.4) is 0 Å². The Morgan fingerprint density at radius 3 is 2.80 bits per heavy atom. The van der Waals surface area contributed by atoms with Gasteiger partial charge in [-0.3, -0.25) is 9.59 Å². The van der Waals surface area contributed by atoms with Crippen LogP contribution in [-0.4, -0.2) is 54.2 Å². The van der Waals surface area contributed by atoms with Gasteiger partial charge in [0.25, 0.3) is 0 Å². The van der Waals surface area contributed by atoms with Gasteiger partial charge in [0, 0.05) is 19.7 Å².